The highest BCUT2D eigenvalue weighted by Crippen LogP contribution is 2.77. The van der Waals surface area contributed by atoms with Gasteiger partial charge < -0.3 is 0 Å². The second-order valence-electron chi connectivity index (χ2n) is 7.60. The van der Waals surface area contributed by atoms with Crippen molar-refractivity contribution < 1.29 is 9.59 Å². The number of alkyl halides is 4. The van der Waals surface area contributed by atoms with Crippen molar-refractivity contribution in [3.63, 3.8) is 0 Å². The molecule has 0 aromatic carbocycles. The van der Waals surface area contributed by atoms with Gasteiger partial charge in [0.25, 0.3) is 0 Å². The van der Waals surface area contributed by atoms with E-state index in [2.05, 4.69) is 6.07 Å². The summed E-state index contributed by atoms with van der Waals surface area (Å²) in [7, 11) is 0. The van der Waals surface area contributed by atoms with Crippen LogP contribution in [-0.4, -0.2) is 25.9 Å². The number of nitriles is 1. The molecule has 1 saturated heterocycles. The van der Waals surface area contributed by atoms with Crippen LogP contribution < -0.4 is 4.90 Å². The maximum Gasteiger partial charge on any atom is 0.240 e. The van der Waals surface area contributed by atoms with Crippen molar-refractivity contribution >= 4 is 97.8 Å². The number of nitrogens with zero attached hydrogens (tertiary/aromatic N) is 2. The number of hydrogen-bond acceptors (Lipinski definition) is 4. The monoisotopic (exact) mass is 528 g/mol. The van der Waals surface area contributed by atoms with E-state index in [0.29, 0.717) is 10.6 Å². The van der Waals surface area contributed by atoms with E-state index < -0.39 is 37.7 Å². The lowest BCUT2D eigenvalue weighted by Crippen LogP contribution is -2.50. The molecule has 1 aromatic heterocycles. The Morgan fingerprint density at radius 2 is 1.48 bits per heavy atom. The number of imide groups is 1. The number of carbonyl (C=O) groups is 2. The fraction of sp³-hybridized carbons (Fsp3) is 0.500. The summed E-state index contributed by atoms with van der Waals surface area (Å²) >= 11 is 40.4. The molecule has 2 heterocycles. The average molecular weight is 531 g/mol. The summed E-state index contributed by atoms with van der Waals surface area (Å²) in [4.78, 5) is 25.3. The zero-order valence-corrected chi connectivity index (χ0v) is 19.7. The van der Waals surface area contributed by atoms with Crippen molar-refractivity contribution in [1.82, 2.24) is 0 Å². The zero-order valence-electron chi connectivity index (χ0n) is 14.4. The van der Waals surface area contributed by atoms with Crippen LogP contribution in [0.2, 0.25) is 0 Å². The molecular formula is C18H10Cl6N2O2S. The zero-order chi connectivity index (χ0) is 21.1. The minimum absolute atomic E-state index is 0.129. The average Bonchev–Trinajstić information content (AvgIpc) is 3.25. The number of thiophene rings is 1. The first kappa shape index (κ1) is 20.7. The van der Waals surface area contributed by atoms with Gasteiger partial charge in [0.05, 0.1) is 27.5 Å². The Bertz CT molecular complexity index is 1040. The van der Waals surface area contributed by atoms with E-state index in [9.17, 15) is 14.9 Å². The Labute approximate surface area is 200 Å². The lowest BCUT2D eigenvalue weighted by atomic mass is 9.84. The molecule has 1 aliphatic heterocycles. The van der Waals surface area contributed by atoms with E-state index in [1.54, 1.807) is 0 Å². The summed E-state index contributed by atoms with van der Waals surface area (Å²) in [6.07, 6.45) is 3.50. The summed E-state index contributed by atoms with van der Waals surface area (Å²) in [5, 5.41) is 9.79. The first-order valence-corrected chi connectivity index (χ1v) is 11.9. The molecule has 5 rings (SSSR count). The molecule has 4 atom stereocenters. The van der Waals surface area contributed by atoms with Gasteiger partial charge in [0.2, 0.25) is 11.8 Å². The molecule has 2 fully saturated rings. The van der Waals surface area contributed by atoms with Crippen LogP contribution in [0, 0.1) is 23.2 Å². The van der Waals surface area contributed by atoms with Crippen LogP contribution in [0.15, 0.2) is 10.1 Å². The second kappa shape index (κ2) is 6.19. The number of hydrogen-bond donors (Lipinski definition) is 0. The standard InChI is InChI=1S/C18H10Cl6N2O2S/c19-11-12(20)17(22)10-9(16(11,21)18(17,23)24)13(27)26(14(10)28)15-7(5-25)6-3-1-2-4-8(6)29-15/h9-10H,1-4H2/t9-,10-,16-,17-/m1/s1. The highest BCUT2D eigenvalue weighted by molar-refractivity contribution is 7.17. The van der Waals surface area contributed by atoms with Crippen molar-refractivity contribution in [3.05, 3.63) is 26.1 Å². The summed E-state index contributed by atoms with van der Waals surface area (Å²) in [6.45, 7) is 0. The van der Waals surface area contributed by atoms with Gasteiger partial charge in [-0.1, -0.05) is 46.4 Å². The number of anilines is 1. The highest BCUT2D eigenvalue weighted by atomic mass is 35.5. The maximum absolute atomic E-state index is 13.5. The summed E-state index contributed by atoms with van der Waals surface area (Å²) in [5.41, 5.74) is 1.25. The predicted molar refractivity (Wildman–Crippen MR) is 115 cm³/mol. The lowest BCUT2D eigenvalue weighted by Gasteiger charge is -2.34. The van der Waals surface area contributed by atoms with Crippen LogP contribution in [0.4, 0.5) is 5.00 Å². The molecule has 29 heavy (non-hydrogen) atoms. The van der Waals surface area contributed by atoms with Crippen LogP contribution >= 0.6 is 80.9 Å². The highest BCUT2D eigenvalue weighted by Gasteiger charge is 2.87. The van der Waals surface area contributed by atoms with Crippen LogP contribution in [0.25, 0.3) is 0 Å². The molecule has 4 nitrogen and oxygen atoms in total. The van der Waals surface area contributed by atoms with Gasteiger partial charge in [-0.25, -0.2) is 4.90 Å². The molecule has 3 aliphatic carbocycles. The molecule has 0 spiro atoms. The Morgan fingerprint density at radius 3 is 2.00 bits per heavy atom. The lowest BCUT2D eigenvalue weighted by molar-refractivity contribution is -0.123. The summed E-state index contributed by atoms with van der Waals surface area (Å²) < 4.78 is -1.96. The number of allylic oxidation sites excluding steroid dienone is 2. The second-order valence-corrected chi connectivity index (χ2v) is 12.0. The maximum atomic E-state index is 13.5. The van der Waals surface area contributed by atoms with E-state index in [0.717, 1.165) is 41.0 Å². The van der Waals surface area contributed by atoms with E-state index in [1.165, 1.54) is 11.3 Å². The first-order valence-electron chi connectivity index (χ1n) is 8.79. The molecular weight excluding hydrogens is 521 g/mol. The number of fused-ring (bicyclic) bond motifs is 6. The van der Waals surface area contributed by atoms with Gasteiger partial charge in [-0.2, -0.15) is 5.26 Å². The van der Waals surface area contributed by atoms with E-state index >= 15 is 0 Å². The molecule has 0 N–H and O–H groups in total. The fourth-order valence-electron chi connectivity index (χ4n) is 5.02. The Hall–Kier alpha value is -0.190. The van der Waals surface area contributed by atoms with Crippen molar-refractivity contribution in [3.8, 4) is 6.07 Å². The van der Waals surface area contributed by atoms with E-state index in [4.69, 9.17) is 69.6 Å². The smallest absolute Gasteiger partial charge is 0.240 e. The molecule has 1 aromatic rings. The first-order chi connectivity index (χ1) is 13.5. The molecule has 2 bridgehead atoms. The van der Waals surface area contributed by atoms with Crippen molar-refractivity contribution in [2.75, 3.05) is 4.90 Å². The fourth-order valence-corrected chi connectivity index (χ4v) is 9.30. The molecule has 152 valence electrons. The Morgan fingerprint density at radius 1 is 0.966 bits per heavy atom. The van der Waals surface area contributed by atoms with Gasteiger partial charge in [-0.05, 0) is 31.2 Å². The van der Waals surface area contributed by atoms with Crippen LogP contribution in [0.5, 0.6) is 0 Å². The SMILES string of the molecule is N#Cc1c(N2C(=O)[C@H]3[C@H](C2=O)[C@@]2(Cl)C(Cl)=C(Cl)[C@@]3(Cl)C2(Cl)Cl)sc2c1CCCC2. The minimum atomic E-state index is -1.96. The molecule has 11 heteroatoms. The quantitative estimate of drug-likeness (QED) is 0.358. The van der Waals surface area contributed by atoms with Crippen LogP contribution in [-0.2, 0) is 22.4 Å². The Balaban J connectivity index is 1.69. The van der Waals surface area contributed by atoms with Gasteiger partial charge in [0.15, 0.2) is 4.33 Å². The van der Waals surface area contributed by atoms with Crippen molar-refractivity contribution in [2.24, 2.45) is 11.8 Å². The van der Waals surface area contributed by atoms with Gasteiger partial charge in [-0.3, -0.25) is 9.59 Å². The van der Waals surface area contributed by atoms with Gasteiger partial charge in [0, 0.05) is 4.88 Å². The molecule has 0 radical (unpaired) electrons. The number of aryl methyl sites for hydroxylation is 1. The largest absolute Gasteiger partial charge is 0.274 e. The van der Waals surface area contributed by atoms with Crippen molar-refractivity contribution in [2.45, 2.75) is 39.8 Å². The third-order valence-electron chi connectivity index (χ3n) is 6.38. The number of halogens is 6. The van der Waals surface area contributed by atoms with E-state index in [1.807, 2.05) is 0 Å². The minimum Gasteiger partial charge on any atom is -0.274 e. The van der Waals surface area contributed by atoms with Gasteiger partial charge in [-0.15, -0.1) is 34.5 Å². The van der Waals surface area contributed by atoms with E-state index in [-0.39, 0.29) is 10.1 Å². The predicted octanol–water partition coefficient (Wildman–Crippen LogP) is 5.45. The summed E-state index contributed by atoms with van der Waals surface area (Å²) in [6, 6.07) is 2.16. The normalized spacial score (nSPS) is 37.2. The third kappa shape index (κ3) is 2.06. The van der Waals surface area contributed by atoms with Crippen molar-refractivity contribution in [1.29, 1.82) is 5.26 Å². The van der Waals surface area contributed by atoms with Gasteiger partial charge >= 0.3 is 0 Å². The third-order valence-corrected chi connectivity index (χ3v) is 11.9. The summed E-state index contributed by atoms with van der Waals surface area (Å²) in [5.74, 6) is -3.63. The number of amides is 2. The topological polar surface area (TPSA) is 61.2 Å². The molecule has 4 aliphatic rings. The number of carbonyl (C=O) groups excluding carboxylic acids is 2. The number of rotatable bonds is 1. The van der Waals surface area contributed by atoms with Gasteiger partial charge in [0.1, 0.15) is 20.8 Å². The van der Waals surface area contributed by atoms with Crippen LogP contribution in [0.3, 0.4) is 0 Å². The Kier molecular flexibility index (Phi) is 4.42. The molecule has 0 unspecified atom stereocenters. The molecule has 2 amide bonds. The van der Waals surface area contributed by atoms with Crippen LogP contribution in [0.1, 0.15) is 28.8 Å². The molecule has 1 saturated carbocycles.